The summed E-state index contributed by atoms with van der Waals surface area (Å²) in [5.41, 5.74) is -0.725. The minimum atomic E-state index is -0.943. The zero-order valence-corrected chi connectivity index (χ0v) is 14.0. The molecule has 3 heterocycles. The van der Waals surface area contributed by atoms with E-state index in [1.165, 1.54) is 27.4 Å². The van der Waals surface area contributed by atoms with Gasteiger partial charge in [-0.25, -0.2) is 14.3 Å². The van der Waals surface area contributed by atoms with Crippen LogP contribution in [-0.4, -0.2) is 53.7 Å². The Hall–Kier alpha value is -2.91. The smallest absolute Gasteiger partial charge is 0.332 e. The van der Waals surface area contributed by atoms with E-state index in [0.29, 0.717) is 19.4 Å². The standard InChI is InChI=1S/C15H19N5O5/c1-17-8-16-12-11(17)13(22)20(15(25)18(12)2)7-10(21)19-5-3-4-9(6-19)14(23)24/h8-9H,3-7H2,1-2H3,(H,23,24). The molecule has 1 aliphatic heterocycles. The molecule has 0 bridgehead atoms. The van der Waals surface area contributed by atoms with Crippen molar-refractivity contribution in [3.8, 4) is 0 Å². The number of imidazole rings is 1. The van der Waals surface area contributed by atoms with Crippen LogP contribution in [0, 0.1) is 5.92 Å². The lowest BCUT2D eigenvalue weighted by molar-refractivity contribution is -0.145. The normalized spacial score (nSPS) is 17.8. The lowest BCUT2D eigenvalue weighted by atomic mass is 9.98. The van der Waals surface area contributed by atoms with Crippen LogP contribution >= 0.6 is 0 Å². The second-order valence-electron chi connectivity index (χ2n) is 6.28. The minimum absolute atomic E-state index is 0.0944. The summed E-state index contributed by atoms with van der Waals surface area (Å²) in [6.45, 7) is 0.0990. The number of aryl methyl sites for hydroxylation is 2. The van der Waals surface area contributed by atoms with Crippen LogP contribution in [0.3, 0.4) is 0 Å². The zero-order valence-electron chi connectivity index (χ0n) is 14.0. The van der Waals surface area contributed by atoms with Gasteiger partial charge in [0.25, 0.3) is 5.56 Å². The molecule has 1 unspecified atom stereocenters. The zero-order chi connectivity index (χ0) is 18.3. The SMILES string of the molecule is Cn1cnc2c1c(=O)n(CC(=O)N1CCCC(C(=O)O)C1)c(=O)n2C. The molecule has 0 radical (unpaired) electrons. The number of aliphatic carboxylic acids is 1. The molecule has 0 aliphatic carbocycles. The van der Waals surface area contributed by atoms with Crippen LogP contribution in [-0.2, 0) is 30.2 Å². The number of carboxylic acid groups (broad SMARTS) is 1. The van der Waals surface area contributed by atoms with Crippen LogP contribution < -0.4 is 11.2 Å². The first-order chi connectivity index (χ1) is 11.8. The van der Waals surface area contributed by atoms with Gasteiger partial charge in [0.15, 0.2) is 11.2 Å². The second kappa shape index (κ2) is 6.19. The average molecular weight is 349 g/mol. The first kappa shape index (κ1) is 16.9. The largest absolute Gasteiger partial charge is 0.481 e. The molecule has 25 heavy (non-hydrogen) atoms. The molecule has 1 saturated heterocycles. The van der Waals surface area contributed by atoms with Gasteiger partial charge in [0.05, 0.1) is 12.2 Å². The summed E-state index contributed by atoms with van der Waals surface area (Å²) in [5, 5.41) is 9.12. The van der Waals surface area contributed by atoms with Gasteiger partial charge in [0.1, 0.15) is 6.54 Å². The molecule has 0 aromatic carbocycles. The van der Waals surface area contributed by atoms with Crippen LogP contribution in [0.4, 0.5) is 0 Å². The summed E-state index contributed by atoms with van der Waals surface area (Å²) in [6.07, 6.45) is 2.53. The quantitative estimate of drug-likeness (QED) is 0.740. The van der Waals surface area contributed by atoms with Crippen molar-refractivity contribution in [2.45, 2.75) is 19.4 Å². The maximum Gasteiger partial charge on any atom is 0.332 e. The Balaban J connectivity index is 1.94. The summed E-state index contributed by atoms with van der Waals surface area (Å²) >= 11 is 0. The number of hydrogen-bond donors (Lipinski definition) is 1. The lowest BCUT2D eigenvalue weighted by Gasteiger charge is -2.30. The highest BCUT2D eigenvalue weighted by molar-refractivity contribution is 5.78. The van der Waals surface area contributed by atoms with E-state index >= 15 is 0 Å². The summed E-state index contributed by atoms with van der Waals surface area (Å²) in [4.78, 5) is 54.1. The molecular formula is C15H19N5O5. The van der Waals surface area contributed by atoms with E-state index < -0.39 is 35.6 Å². The molecule has 10 heteroatoms. The Labute approximate surface area is 141 Å². The lowest BCUT2D eigenvalue weighted by Crippen LogP contribution is -2.48. The monoisotopic (exact) mass is 349 g/mol. The van der Waals surface area contributed by atoms with Crippen LogP contribution in [0.2, 0.25) is 0 Å². The molecule has 1 N–H and O–H groups in total. The highest BCUT2D eigenvalue weighted by Gasteiger charge is 2.29. The second-order valence-corrected chi connectivity index (χ2v) is 6.28. The third-order valence-electron chi connectivity index (χ3n) is 4.62. The van der Waals surface area contributed by atoms with Crippen molar-refractivity contribution in [3.05, 3.63) is 27.2 Å². The molecule has 1 atom stereocenters. The number of carbonyl (C=O) groups is 2. The number of nitrogens with zero attached hydrogens (tertiary/aromatic N) is 5. The Kier molecular flexibility index (Phi) is 4.19. The van der Waals surface area contributed by atoms with Gasteiger partial charge in [0.2, 0.25) is 5.91 Å². The van der Waals surface area contributed by atoms with Crippen molar-refractivity contribution >= 4 is 23.0 Å². The Bertz CT molecular complexity index is 969. The predicted molar refractivity (Wildman–Crippen MR) is 87.2 cm³/mol. The van der Waals surface area contributed by atoms with E-state index in [9.17, 15) is 19.2 Å². The third kappa shape index (κ3) is 2.83. The first-order valence-corrected chi connectivity index (χ1v) is 7.92. The van der Waals surface area contributed by atoms with Crippen molar-refractivity contribution in [1.29, 1.82) is 0 Å². The number of aromatic nitrogens is 4. The molecular weight excluding hydrogens is 330 g/mol. The Morgan fingerprint density at radius 2 is 2.04 bits per heavy atom. The molecule has 2 aromatic rings. The van der Waals surface area contributed by atoms with Gasteiger partial charge in [0, 0.05) is 27.2 Å². The average Bonchev–Trinajstić information content (AvgIpc) is 2.98. The Morgan fingerprint density at radius 1 is 1.32 bits per heavy atom. The number of likely N-dealkylation sites (tertiary alicyclic amines) is 1. The van der Waals surface area contributed by atoms with E-state index in [1.54, 1.807) is 7.05 Å². The topological polar surface area (TPSA) is 119 Å². The summed E-state index contributed by atoms with van der Waals surface area (Å²) < 4.78 is 3.59. The first-order valence-electron chi connectivity index (χ1n) is 7.92. The van der Waals surface area contributed by atoms with Gasteiger partial charge in [-0.05, 0) is 12.8 Å². The van der Waals surface area contributed by atoms with Crippen LogP contribution in [0.5, 0.6) is 0 Å². The number of carboxylic acids is 1. The van der Waals surface area contributed by atoms with Crippen molar-refractivity contribution in [1.82, 2.24) is 23.6 Å². The fourth-order valence-corrected chi connectivity index (χ4v) is 3.18. The van der Waals surface area contributed by atoms with Crippen molar-refractivity contribution < 1.29 is 14.7 Å². The number of piperidine rings is 1. The van der Waals surface area contributed by atoms with Gasteiger partial charge >= 0.3 is 11.7 Å². The summed E-state index contributed by atoms with van der Waals surface area (Å²) in [5.74, 6) is -2.00. The molecule has 1 fully saturated rings. The van der Waals surface area contributed by atoms with Gasteiger partial charge in [-0.1, -0.05) is 0 Å². The fourth-order valence-electron chi connectivity index (χ4n) is 3.18. The summed E-state index contributed by atoms with van der Waals surface area (Å²) in [6, 6.07) is 0. The van der Waals surface area contributed by atoms with Gasteiger partial charge in [-0.2, -0.15) is 0 Å². The molecule has 3 rings (SSSR count). The van der Waals surface area contributed by atoms with Gasteiger partial charge < -0.3 is 14.6 Å². The van der Waals surface area contributed by atoms with Crippen LogP contribution in [0.15, 0.2) is 15.9 Å². The van der Waals surface area contributed by atoms with Crippen molar-refractivity contribution in [2.75, 3.05) is 13.1 Å². The number of fused-ring (bicyclic) bond motifs is 1. The highest BCUT2D eigenvalue weighted by atomic mass is 16.4. The molecule has 0 spiro atoms. The number of carbonyl (C=O) groups excluding carboxylic acids is 1. The third-order valence-corrected chi connectivity index (χ3v) is 4.62. The number of amides is 1. The minimum Gasteiger partial charge on any atom is -0.481 e. The van der Waals surface area contributed by atoms with Gasteiger partial charge in [-0.3, -0.25) is 19.0 Å². The molecule has 0 saturated carbocycles. The molecule has 1 aliphatic rings. The fraction of sp³-hybridized carbons (Fsp3) is 0.533. The van der Waals surface area contributed by atoms with Crippen molar-refractivity contribution in [2.24, 2.45) is 20.0 Å². The molecule has 134 valence electrons. The molecule has 1 amide bonds. The van der Waals surface area contributed by atoms with E-state index in [-0.39, 0.29) is 17.7 Å². The Morgan fingerprint density at radius 3 is 2.72 bits per heavy atom. The van der Waals surface area contributed by atoms with Crippen LogP contribution in [0.25, 0.3) is 11.2 Å². The van der Waals surface area contributed by atoms with E-state index in [1.807, 2.05) is 0 Å². The highest BCUT2D eigenvalue weighted by Crippen LogP contribution is 2.16. The van der Waals surface area contributed by atoms with E-state index in [4.69, 9.17) is 5.11 Å². The molecule has 2 aromatic heterocycles. The predicted octanol–water partition coefficient (Wildman–Crippen LogP) is -1.24. The van der Waals surface area contributed by atoms with Crippen molar-refractivity contribution in [3.63, 3.8) is 0 Å². The summed E-state index contributed by atoms with van der Waals surface area (Å²) in [7, 11) is 3.12. The maximum absolute atomic E-state index is 12.6. The van der Waals surface area contributed by atoms with E-state index in [0.717, 1.165) is 4.57 Å². The number of hydrogen-bond acceptors (Lipinski definition) is 5. The number of rotatable bonds is 3. The van der Waals surface area contributed by atoms with E-state index in [2.05, 4.69) is 4.98 Å². The maximum atomic E-state index is 12.6. The molecule has 10 nitrogen and oxygen atoms in total. The van der Waals surface area contributed by atoms with Gasteiger partial charge in [-0.15, -0.1) is 0 Å². The van der Waals surface area contributed by atoms with Crippen LogP contribution in [0.1, 0.15) is 12.8 Å².